The third-order valence-electron chi connectivity index (χ3n) is 5.49. The van der Waals surface area contributed by atoms with E-state index in [0.717, 1.165) is 24.4 Å². The Kier molecular flexibility index (Phi) is 11.9. The van der Waals surface area contributed by atoms with Crippen LogP contribution in [0.3, 0.4) is 0 Å². The third-order valence-corrected chi connectivity index (χ3v) is 5.80. The molecule has 2 aromatic carbocycles. The van der Waals surface area contributed by atoms with Crippen molar-refractivity contribution in [1.82, 2.24) is 0 Å². The number of methoxy groups -OCH3 is 3. The van der Waals surface area contributed by atoms with E-state index in [0.29, 0.717) is 28.4 Å². The number of thiol groups is 1. The second-order valence-electron chi connectivity index (χ2n) is 7.80. The van der Waals surface area contributed by atoms with Gasteiger partial charge in [0, 0.05) is 23.4 Å². The summed E-state index contributed by atoms with van der Waals surface area (Å²) < 4.78 is 16.0. The highest BCUT2D eigenvalue weighted by Crippen LogP contribution is 2.38. The molecule has 0 spiro atoms. The van der Waals surface area contributed by atoms with Gasteiger partial charge in [-0.05, 0) is 55.0 Å². The number of ether oxygens (including phenoxy) is 3. The summed E-state index contributed by atoms with van der Waals surface area (Å²) in [5.41, 5.74) is 2.13. The summed E-state index contributed by atoms with van der Waals surface area (Å²) >= 11 is 4.25. The Balaban J connectivity index is 1.82. The van der Waals surface area contributed by atoms with Gasteiger partial charge in [-0.25, -0.2) is 0 Å². The van der Waals surface area contributed by atoms with Crippen molar-refractivity contribution in [3.8, 4) is 17.2 Å². The van der Waals surface area contributed by atoms with Crippen LogP contribution in [0.15, 0.2) is 36.4 Å². The summed E-state index contributed by atoms with van der Waals surface area (Å²) in [6, 6.07) is 10.9. The fourth-order valence-corrected chi connectivity index (χ4v) is 3.87. The summed E-state index contributed by atoms with van der Waals surface area (Å²) in [7, 11) is 4.62. The molecule has 2 aromatic rings. The van der Waals surface area contributed by atoms with E-state index in [9.17, 15) is 4.79 Å². The summed E-state index contributed by atoms with van der Waals surface area (Å²) in [6.45, 7) is 0.944. The second-order valence-corrected chi connectivity index (χ2v) is 8.25. The number of ketones is 1. The Labute approximate surface area is 198 Å². The molecule has 32 heavy (non-hydrogen) atoms. The fourth-order valence-electron chi connectivity index (χ4n) is 3.65. The van der Waals surface area contributed by atoms with Crippen molar-refractivity contribution in [2.24, 2.45) is 0 Å². The molecule has 0 heterocycles. The number of hydrogen-bond acceptors (Lipinski definition) is 6. The first-order chi connectivity index (χ1) is 15.6. The maximum Gasteiger partial charge on any atom is 0.203 e. The highest BCUT2D eigenvalue weighted by molar-refractivity contribution is 7.80. The van der Waals surface area contributed by atoms with Crippen LogP contribution in [-0.2, 0) is 0 Å². The second kappa shape index (κ2) is 14.7. The molecule has 0 fully saturated rings. The van der Waals surface area contributed by atoms with Gasteiger partial charge in [0.15, 0.2) is 17.3 Å². The van der Waals surface area contributed by atoms with Crippen molar-refractivity contribution >= 4 is 24.1 Å². The zero-order chi connectivity index (χ0) is 23.2. The number of nitrogens with one attached hydrogen (secondary N) is 1. The minimum Gasteiger partial charge on any atom is -0.493 e. The predicted molar refractivity (Wildman–Crippen MR) is 135 cm³/mol. The molecule has 0 saturated heterocycles. The first-order valence-corrected chi connectivity index (χ1v) is 12.1. The molecular formula is C26H37NO4S. The molecule has 5 nitrogen and oxygen atoms in total. The maximum absolute atomic E-state index is 13.0. The minimum absolute atomic E-state index is 0.0924. The lowest BCUT2D eigenvalue weighted by atomic mass is 10.0. The quantitative estimate of drug-likeness (QED) is 0.173. The molecule has 0 saturated carbocycles. The number of benzene rings is 2. The van der Waals surface area contributed by atoms with Gasteiger partial charge in [0.25, 0.3) is 0 Å². The normalized spacial score (nSPS) is 10.6. The fraction of sp³-hybridized carbons (Fsp3) is 0.500. The molecule has 0 aromatic heterocycles. The third kappa shape index (κ3) is 7.97. The van der Waals surface area contributed by atoms with Crippen molar-refractivity contribution in [2.75, 3.05) is 38.9 Å². The van der Waals surface area contributed by atoms with Gasteiger partial charge in [0.2, 0.25) is 5.75 Å². The molecule has 0 aliphatic rings. The van der Waals surface area contributed by atoms with Gasteiger partial charge in [-0.3, -0.25) is 4.79 Å². The van der Waals surface area contributed by atoms with E-state index in [-0.39, 0.29) is 5.78 Å². The largest absolute Gasteiger partial charge is 0.493 e. The number of anilines is 1. The first-order valence-electron chi connectivity index (χ1n) is 11.4. The Morgan fingerprint density at radius 3 is 1.78 bits per heavy atom. The van der Waals surface area contributed by atoms with Crippen LogP contribution in [0.4, 0.5) is 5.69 Å². The molecule has 0 unspecified atom stereocenters. The summed E-state index contributed by atoms with van der Waals surface area (Å²) in [5.74, 6) is 2.31. The standard InChI is InChI=1S/C26H37NO4S/c1-29-23-18-21(19-24(30-2)26(23)31-3)25(28)20-12-14-22(15-13-20)27-16-10-8-6-4-5-7-9-11-17-32/h12-15,18-19,27,32H,4-11,16-17H2,1-3H3. The van der Waals surface area contributed by atoms with Gasteiger partial charge in [0.05, 0.1) is 21.3 Å². The molecule has 0 bridgehead atoms. The minimum atomic E-state index is -0.0924. The van der Waals surface area contributed by atoms with Crippen molar-refractivity contribution < 1.29 is 19.0 Å². The Bertz CT molecular complexity index is 798. The first kappa shape index (κ1) is 25.9. The molecule has 0 atom stereocenters. The topological polar surface area (TPSA) is 56.8 Å². The number of rotatable bonds is 16. The van der Waals surface area contributed by atoms with Gasteiger partial charge < -0.3 is 19.5 Å². The molecule has 6 heteroatoms. The van der Waals surface area contributed by atoms with Crippen molar-refractivity contribution in [2.45, 2.75) is 51.4 Å². The Hall–Kier alpha value is -2.34. The maximum atomic E-state index is 13.0. The lowest BCUT2D eigenvalue weighted by molar-refractivity contribution is 0.103. The lowest BCUT2D eigenvalue weighted by Gasteiger charge is -2.14. The molecule has 176 valence electrons. The zero-order valence-corrected chi connectivity index (χ0v) is 20.5. The summed E-state index contributed by atoms with van der Waals surface area (Å²) in [4.78, 5) is 13.0. The average molecular weight is 460 g/mol. The molecule has 1 N–H and O–H groups in total. The molecule has 0 amide bonds. The summed E-state index contributed by atoms with van der Waals surface area (Å²) in [6.07, 6.45) is 10.2. The number of hydrogen-bond donors (Lipinski definition) is 2. The van der Waals surface area contributed by atoms with E-state index in [2.05, 4.69) is 17.9 Å². The zero-order valence-electron chi connectivity index (χ0n) is 19.6. The van der Waals surface area contributed by atoms with Crippen LogP contribution in [0.25, 0.3) is 0 Å². The van der Waals surface area contributed by atoms with Crippen LogP contribution in [0.5, 0.6) is 17.2 Å². The van der Waals surface area contributed by atoms with E-state index in [1.807, 2.05) is 24.3 Å². The molecule has 2 rings (SSSR count). The van der Waals surface area contributed by atoms with Gasteiger partial charge >= 0.3 is 0 Å². The Morgan fingerprint density at radius 1 is 0.750 bits per heavy atom. The van der Waals surface area contributed by atoms with Crippen LogP contribution in [0.2, 0.25) is 0 Å². The van der Waals surface area contributed by atoms with Crippen LogP contribution >= 0.6 is 12.6 Å². The van der Waals surface area contributed by atoms with E-state index >= 15 is 0 Å². The van der Waals surface area contributed by atoms with Crippen molar-refractivity contribution in [3.05, 3.63) is 47.5 Å². The van der Waals surface area contributed by atoms with Crippen LogP contribution < -0.4 is 19.5 Å². The number of carbonyl (C=O) groups excluding carboxylic acids is 1. The lowest BCUT2D eigenvalue weighted by Crippen LogP contribution is -2.05. The van der Waals surface area contributed by atoms with Gasteiger partial charge in [-0.2, -0.15) is 12.6 Å². The van der Waals surface area contributed by atoms with E-state index < -0.39 is 0 Å². The smallest absolute Gasteiger partial charge is 0.203 e. The van der Waals surface area contributed by atoms with Gasteiger partial charge in [-0.15, -0.1) is 0 Å². The van der Waals surface area contributed by atoms with Crippen LogP contribution in [0.1, 0.15) is 67.3 Å². The van der Waals surface area contributed by atoms with Gasteiger partial charge in [0.1, 0.15) is 0 Å². The van der Waals surface area contributed by atoms with Crippen molar-refractivity contribution in [1.29, 1.82) is 0 Å². The SMILES string of the molecule is COc1cc(C(=O)c2ccc(NCCCCCCCCCCS)cc2)cc(OC)c1OC. The van der Waals surface area contributed by atoms with E-state index in [1.54, 1.807) is 19.2 Å². The molecular weight excluding hydrogens is 422 g/mol. The summed E-state index contributed by atoms with van der Waals surface area (Å²) in [5, 5.41) is 3.44. The number of unbranched alkanes of at least 4 members (excludes halogenated alkanes) is 7. The predicted octanol–water partition coefficient (Wildman–Crippen LogP) is 6.41. The van der Waals surface area contributed by atoms with E-state index in [1.165, 1.54) is 59.2 Å². The molecule has 0 aliphatic carbocycles. The highest BCUT2D eigenvalue weighted by atomic mass is 32.1. The van der Waals surface area contributed by atoms with Crippen molar-refractivity contribution in [3.63, 3.8) is 0 Å². The molecule has 0 aliphatic heterocycles. The highest BCUT2D eigenvalue weighted by Gasteiger charge is 2.18. The van der Waals surface area contributed by atoms with E-state index in [4.69, 9.17) is 14.2 Å². The Morgan fingerprint density at radius 2 is 1.28 bits per heavy atom. The monoisotopic (exact) mass is 459 g/mol. The van der Waals surface area contributed by atoms with Crippen LogP contribution in [-0.4, -0.2) is 39.4 Å². The van der Waals surface area contributed by atoms with Crippen LogP contribution in [0, 0.1) is 0 Å². The average Bonchev–Trinajstić information content (AvgIpc) is 2.84. The number of carbonyl (C=O) groups is 1. The molecule has 0 radical (unpaired) electrons. The van der Waals surface area contributed by atoms with Gasteiger partial charge in [-0.1, -0.05) is 38.5 Å².